The van der Waals surface area contributed by atoms with Crippen molar-refractivity contribution in [3.63, 3.8) is 0 Å². The van der Waals surface area contributed by atoms with Crippen molar-refractivity contribution < 1.29 is 4.79 Å². The molecule has 0 atom stereocenters. The Labute approximate surface area is 141 Å². The molecule has 0 saturated carbocycles. The molecule has 0 radical (unpaired) electrons. The number of hydrogen-bond donors (Lipinski definition) is 0. The number of rotatable bonds is 2. The van der Waals surface area contributed by atoms with E-state index in [9.17, 15) is 4.79 Å². The normalized spacial score (nSPS) is 18.4. The van der Waals surface area contributed by atoms with Gasteiger partial charge in [-0.05, 0) is 29.7 Å². The van der Waals surface area contributed by atoms with Gasteiger partial charge in [-0.15, -0.1) is 0 Å². The number of fused-ring (bicyclic) bond motifs is 1. The van der Waals surface area contributed by atoms with Gasteiger partial charge >= 0.3 is 0 Å². The van der Waals surface area contributed by atoms with Crippen molar-refractivity contribution in [2.24, 2.45) is 0 Å². The van der Waals surface area contributed by atoms with Crippen LogP contribution in [0.4, 0.5) is 0 Å². The summed E-state index contributed by atoms with van der Waals surface area (Å²) in [6.45, 7) is 3.67. The van der Waals surface area contributed by atoms with Gasteiger partial charge in [0.1, 0.15) is 0 Å². The lowest BCUT2D eigenvalue weighted by Gasteiger charge is -2.47. The standard InChI is InChI=1S/C19H19ClN2O/c20-18-8-4-3-7-17(18)19(23)22-12-16(13-22)21-10-9-14-5-1-2-6-15(14)11-21/h1-8,16H,9-13H2. The van der Waals surface area contributed by atoms with E-state index in [-0.39, 0.29) is 5.91 Å². The highest BCUT2D eigenvalue weighted by atomic mass is 35.5. The number of likely N-dealkylation sites (tertiary alicyclic amines) is 1. The van der Waals surface area contributed by atoms with Crippen LogP contribution in [0, 0.1) is 0 Å². The molecule has 1 fully saturated rings. The van der Waals surface area contributed by atoms with Crippen LogP contribution in [-0.2, 0) is 13.0 Å². The van der Waals surface area contributed by atoms with E-state index >= 15 is 0 Å². The summed E-state index contributed by atoms with van der Waals surface area (Å²) in [5.41, 5.74) is 3.50. The van der Waals surface area contributed by atoms with E-state index in [1.54, 1.807) is 12.1 Å². The van der Waals surface area contributed by atoms with Gasteiger partial charge in [-0.3, -0.25) is 9.69 Å². The van der Waals surface area contributed by atoms with Crippen LogP contribution in [0.25, 0.3) is 0 Å². The fourth-order valence-corrected chi connectivity index (χ4v) is 3.70. The van der Waals surface area contributed by atoms with Crippen molar-refractivity contribution >= 4 is 17.5 Å². The first-order valence-corrected chi connectivity index (χ1v) is 8.45. The summed E-state index contributed by atoms with van der Waals surface area (Å²) >= 11 is 6.13. The zero-order valence-corrected chi connectivity index (χ0v) is 13.7. The fourth-order valence-electron chi connectivity index (χ4n) is 3.49. The SMILES string of the molecule is O=C(c1ccccc1Cl)N1CC(N2CCc3ccccc3C2)C1. The number of benzene rings is 2. The largest absolute Gasteiger partial charge is 0.335 e. The average molecular weight is 327 g/mol. The summed E-state index contributed by atoms with van der Waals surface area (Å²) in [4.78, 5) is 16.9. The van der Waals surface area contributed by atoms with Gasteiger partial charge in [0.2, 0.25) is 0 Å². The number of halogens is 1. The Bertz CT molecular complexity index is 740. The molecule has 118 valence electrons. The van der Waals surface area contributed by atoms with E-state index in [4.69, 9.17) is 11.6 Å². The van der Waals surface area contributed by atoms with Gasteiger partial charge in [0.15, 0.2) is 0 Å². The molecule has 2 aliphatic rings. The maximum atomic E-state index is 12.5. The summed E-state index contributed by atoms with van der Waals surface area (Å²) in [5.74, 6) is 0.0456. The third-order valence-corrected chi connectivity index (χ3v) is 5.26. The molecule has 0 aromatic heterocycles. The first-order chi connectivity index (χ1) is 11.2. The van der Waals surface area contributed by atoms with Crippen LogP contribution in [-0.4, -0.2) is 41.4 Å². The maximum absolute atomic E-state index is 12.5. The summed E-state index contributed by atoms with van der Waals surface area (Å²) in [5, 5.41) is 0.535. The van der Waals surface area contributed by atoms with Crippen molar-refractivity contribution in [2.75, 3.05) is 19.6 Å². The molecule has 2 aromatic carbocycles. The van der Waals surface area contributed by atoms with E-state index in [0.717, 1.165) is 32.6 Å². The Morgan fingerprint density at radius 1 is 1.00 bits per heavy atom. The molecular weight excluding hydrogens is 308 g/mol. The van der Waals surface area contributed by atoms with Crippen LogP contribution in [0.1, 0.15) is 21.5 Å². The molecule has 1 saturated heterocycles. The van der Waals surface area contributed by atoms with Crippen molar-refractivity contribution in [1.82, 2.24) is 9.80 Å². The van der Waals surface area contributed by atoms with Crippen molar-refractivity contribution in [1.29, 1.82) is 0 Å². The number of carbonyl (C=O) groups excluding carboxylic acids is 1. The van der Waals surface area contributed by atoms with E-state index in [1.807, 2.05) is 17.0 Å². The smallest absolute Gasteiger partial charge is 0.255 e. The molecule has 2 aromatic rings. The Kier molecular flexibility index (Phi) is 3.83. The second-order valence-corrected chi connectivity index (χ2v) is 6.74. The summed E-state index contributed by atoms with van der Waals surface area (Å²) < 4.78 is 0. The molecule has 23 heavy (non-hydrogen) atoms. The van der Waals surface area contributed by atoms with Crippen LogP contribution in [0.3, 0.4) is 0 Å². The van der Waals surface area contributed by atoms with Crippen molar-refractivity contribution in [3.05, 3.63) is 70.2 Å². The number of carbonyl (C=O) groups is 1. The highest BCUT2D eigenvalue weighted by Gasteiger charge is 2.36. The average Bonchev–Trinajstić information content (AvgIpc) is 2.53. The molecule has 2 heterocycles. The molecule has 2 aliphatic heterocycles. The van der Waals surface area contributed by atoms with Crippen LogP contribution < -0.4 is 0 Å². The Morgan fingerprint density at radius 2 is 1.70 bits per heavy atom. The van der Waals surface area contributed by atoms with Gasteiger partial charge in [0.25, 0.3) is 5.91 Å². The van der Waals surface area contributed by atoms with E-state index < -0.39 is 0 Å². The molecule has 4 rings (SSSR count). The zero-order valence-electron chi connectivity index (χ0n) is 12.9. The third kappa shape index (κ3) is 2.75. The quantitative estimate of drug-likeness (QED) is 0.846. The van der Waals surface area contributed by atoms with E-state index in [0.29, 0.717) is 16.6 Å². The fraction of sp³-hybridized carbons (Fsp3) is 0.316. The molecule has 4 heteroatoms. The molecule has 1 amide bonds. The first-order valence-electron chi connectivity index (χ1n) is 8.07. The molecule has 0 N–H and O–H groups in total. The van der Waals surface area contributed by atoms with Crippen LogP contribution >= 0.6 is 11.6 Å². The third-order valence-electron chi connectivity index (χ3n) is 4.93. The van der Waals surface area contributed by atoms with Gasteiger partial charge in [-0.2, -0.15) is 0 Å². The monoisotopic (exact) mass is 326 g/mol. The lowest BCUT2D eigenvalue weighted by molar-refractivity contribution is 0.0218. The van der Waals surface area contributed by atoms with Crippen LogP contribution in [0.15, 0.2) is 48.5 Å². The van der Waals surface area contributed by atoms with Gasteiger partial charge in [-0.1, -0.05) is 48.0 Å². The highest BCUT2D eigenvalue weighted by molar-refractivity contribution is 6.33. The lowest BCUT2D eigenvalue weighted by Crippen LogP contribution is -2.61. The predicted molar refractivity (Wildman–Crippen MR) is 91.7 cm³/mol. The van der Waals surface area contributed by atoms with Crippen molar-refractivity contribution in [3.8, 4) is 0 Å². The summed E-state index contributed by atoms with van der Waals surface area (Å²) in [7, 11) is 0. The predicted octanol–water partition coefficient (Wildman–Crippen LogP) is 3.22. The van der Waals surface area contributed by atoms with Crippen molar-refractivity contribution in [2.45, 2.75) is 19.0 Å². The van der Waals surface area contributed by atoms with Gasteiger partial charge in [-0.25, -0.2) is 0 Å². The zero-order chi connectivity index (χ0) is 15.8. The Balaban J connectivity index is 1.39. The topological polar surface area (TPSA) is 23.6 Å². The van der Waals surface area contributed by atoms with Crippen LogP contribution in [0.5, 0.6) is 0 Å². The Hall–Kier alpha value is -1.84. The van der Waals surface area contributed by atoms with Gasteiger partial charge in [0, 0.05) is 32.2 Å². The second kappa shape index (κ2) is 5.99. The minimum Gasteiger partial charge on any atom is -0.335 e. The van der Waals surface area contributed by atoms with Crippen LogP contribution in [0.2, 0.25) is 5.02 Å². The minimum absolute atomic E-state index is 0.0456. The lowest BCUT2D eigenvalue weighted by atomic mass is 9.96. The Morgan fingerprint density at radius 3 is 2.48 bits per heavy atom. The van der Waals surface area contributed by atoms with E-state index in [1.165, 1.54) is 11.1 Å². The molecule has 0 spiro atoms. The maximum Gasteiger partial charge on any atom is 0.255 e. The molecular formula is C19H19ClN2O. The molecule has 3 nitrogen and oxygen atoms in total. The minimum atomic E-state index is 0.0456. The number of hydrogen-bond acceptors (Lipinski definition) is 2. The molecule has 0 unspecified atom stereocenters. The van der Waals surface area contributed by atoms with E-state index in [2.05, 4.69) is 29.2 Å². The highest BCUT2D eigenvalue weighted by Crippen LogP contribution is 2.26. The van der Waals surface area contributed by atoms with Gasteiger partial charge in [0.05, 0.1) is 10.6 Å². The molecule has 0 bridgehead atoms. The summed E-state index contributed by atoms with van der Waals surface area (Å²) in [6.07, 6.45) is 1.10. The van der Waals surface area contributed by atoms with Gasteiger partial charge < -0.3 is 4.90 Å². The second-order valence-electron chi connectivity index (χ2n) is 6.33. The first kappa shape index (κ1) is 14.7. The molecule has 0 aliphatic carbocycles. The number of amides is 1. The summed E-state index contributed by atoms with van der Waals surface area (Å²) in [6, 6.07) is 16.4. The number of nitrogens with zero attached hydrogens (tertiary/aromatic N) is 2.